The number of morpholine rings is 1. The summed E-state index contributed by atoms with van der Waals surface area (Å²) in [7, 11) is 0. The molecule has 2 amide bonds. The van der Waals surface area contributed by atoms with E-state index in [2.05, 4.69) is 5.16 Å². The minimum absolute atomic E-state index is 0.0639. The fraction of sp³-hybridized carbons (Fsp3) is 0.333. The van der Waals surface area contributed by atoms with Crippen LogP contribution in [-0.2, 0) is 4.74 Å². The fourth-order valence-corrected chi connectivity index (χ4v) is 5.36. The molecule has 5 rings (SSSR count). The highest BCUT2D eigenvalue weighted by Gasteiger charge is 2.28. The first kappa shape index (κ1) is 23.7. The summed E-state index contributed by atoms with van der Waals surface area (Å²) in [5.74, 6) is -0.475. The van der Waals surface area contributed by atoms with E-state index in [4.69, 9.17) is 15.0 Å². The van der Waals surface area contributed by atoms with Gasteiger partial charge in [0.25, 0.3) is 11.8 Å². The van der Waals surface area contributed by atoms with Crippen molar-refractivity contribution in [3.05, 3.63) is 52.9 Å². The number of primary amides is 1. The van der Waals surface area contributed by atoms with E-state index in [0.717, 1.165) is 10.9 Å². The van der Waals surface area contributed by atoms with Gasteiger partial charge in [0.15, 0.2) is 0 Å². The second-order valence-corrected chi connectivity index (χ2v) is 9.54. The summed E-state index contributed by atoms with van der Waals surface area (Å²) in [5.41, 5.74) is 9.58. The Labute approximate surface area is 207 Å². The van der Waals surface area contributed by atoms with Crippen molar-refractivity contribution in [3.8, 4) is 11.1 Å². The predicted octanol–water partition coefficient (Wildman–Crippen LogP) is 4.07. The summed E-state index contributed by atoms with van der Waals surface area (Å²) in [6.07, 6.45) is -0.128. The number of aryl methyl sites for hydroxylation is 2. The number of rotatable bonds is 3. The van der Waals surface area contributed by atoms with Gasteiger partial charge >= 0.3 is 0 Å². The number of hydrogen-bond acceptors (Lipinski definition) is 6. The van der Waals surface area contributed by atoms with Crippen LogP contribution in [0.3, 0.4) is 0 Å². The Kier molecular flexibility index (Phi) is 5.67. The number of fused-ring (bicyclic) bond motifs is 3. The number of carbonyl (C=O) groups is 3. The van der Waals surface area contributed by atoms with Crippen molar-refractivity contribution in [2.75, 3.05) is 13.1 Å². The van der Waals surface area contributed by atoms with Gasteiger partial charge in [0.2, 0.25) is 5.91 Å². The molecule has 4 aromatic rings. The van der Waals surface area contributed by atoms with Crippen LogP contribution < -0.4 is 5.73 Å². The van der Waals surface area contributed by atoms with E-state index in [0.29, 0.717) is 52.1 Å². The Bertz CT molecular complexity index is 1530. The van der Waals surface area contributed by atoms with E-state index >= 15 is 0 Å². The van der Waals surface area contributed by atoms with Gasteiger partial charge in [-0.15, -0.1) is 0 Å². The Balaban J connectivity index is 1.75. The van der Waals surface area contributed by atoms with Crippen LogP contribution in [0.1, 0.15) is 57.7 Å². The van der Waals surface area contributed by atoms with Crippen LogP contribution in [0.2, 0.25) is 0 Å². The lowest BCUT2D eigenvalue weighted by Crippen LogP contribution is -2.48. The van der Waals surface area contributed by atoms with E-state index in [-0.39, 0.29) is 29.6 Å². The maximum absolute atomic E-state index is 13.4. The lowest BCUT2D eigenvalue weighted by Gasteiger charge is -2.35. The van der Waals surface area contributed by atoms with Gasteiger partial charge < -0.3 is 19.9 Å². The summed E-state index contributed by atoms with van der Waals surface area (Å²) in [6, 6.07) is 8.86. The van der Waals surface area contributed by atoms with Crippen molar-refractivity contribution < 1.29 is 23.6 Å². The van der Waals surface area contributed by atoms with Gasteiger partial charge in [0.1, 0.15) is 5.76 Å². The summed E-state index contributed by atoms with van der Waals surface area (Å²) in [6.45, 7) is 9.90. The number of nitrogens with two attached hydrogens (primary N) is 1. The van der Waals surface area contributed by atoms with Crippen LogP contribution in [-0.4, -0.2) is 57.6 Å². The van der Waals surface area contributed by atoms with E-state index in [1.807, 2.05) is 32.9 Å². The van der Waals surface area contributed by atoms with Crippen molar-refractivity contribution in [2.45, 2.75) is 46.8 Å². The standard InChI is InChI=1S/C27H28N4O5/c1-13-11-30(12-14(2)35-13)27(34)18-6-7-20-21-8-19(24-15(3)29-36-16(24)4)9-22(26(28)33)25(21)31(17(5)32)23(20)10-18/h6-10,13-14H,11-12H2,1-5H3,(H2,28,33)/t13-,14+. The van der Waals surface area contributed by atoms with Gasteiger partial charge in [-0.1, -0.05) is 11.2 Å². The molecule has 2 atom stereocenters. The van der Waals surface area contributed by atoms with E-state index < -0.39 is 5.91 Å². The minimum atomic E-state index is -0.661. The first-order valence-corrected chi connectivity index (χ1v) is 11.9. The van der Waals surface area contributed by atoms with Crippen molar-refractivity contribution in [1.29, 1.82) is 0 Å². The Morgan fingerprint density at radius 2 is 1.72 bits per heavy atom. The normalized spacial score (nSPS) is 18.2. The highest BCUT2D eigenvalue weighted by atomic mass is 16.5. The monoisotopic (exact) mass is 488 g/mol. The van der Waals surface area contributed by atoms with Gasteiger partial charge in [-0.25, -0.2) is 0 Å². The average molecular weight is 489 g/mol. The van der Waals surface area contributed by atoms with Crippen molar-refractivity contribution in [2.24, 2.45) is 5.73 Å². The molecule has 0 bridgehead atoms. The molecule has 186 valence electrons. The number of amides is 2. The molecule has 0 radical (unpaired) electrons. The maximum Gasteiger partial charge on any atom is 0.254 e. The molecule has 2 aromatic carbocycles. The van der Waals surface area contributed by atoms with Gasteiger partial charge in [0.05, 0.1) is 34.5 Å². The third kappa shape index (κ3) is 3.76. The number of nitrogens with zero attached hydrogens (tertiary/aromatic N) is 3. The molecule has 1 aliphatic rings. The molecular formula is C27H28N4O5. The van der Waals surface area contributed by atoms with Gasteiger partial charge in [-0.2, -0.15) is 0 Å². The SMILES string of the molecule is CC(=O)n1c2cc(C(=O)N3C[C@@H](C)O[C@@H](C)C3)ccc2c2cc(-c3c(C)noc3C)cc(C(N)=O)c21. The zero-order valence-electron chi connectivity index (χ0n) is 20.9. The zero-order chi connectivity index (χ0) is 25.9. The van der Waals surface area contributed by atoms with Crippen LogP contribution in [0.5, 0.6) is 0 Å². The quantitative estimate of drug-likeness (QED) is 0.464. The molecule has 3 heterocycles. The van der Waals surface area contributed by atoms with Gasteiger partial charge in [0, 0.05) is 41.9 Å². The molecule has 36 heavy (non-hydrogen) atoms. The van der Waals surface area contributed by atoms with Crippen molar-refractivity contribution in [1.82, 2.24) is 14.6 Å². The Hall–Kier alpha value is -3.98. The molecule has 2 aromatic heterocycles. The minimum Gasteiger partial charge on any atom is -0.372 e. The van der Waals surface area contributed by atoms with Crippen molar-refractivity contribution in [3.63, 3.8) is 0 Å². The first-order valence-electron chi connectivity index (χ1n) is 11.9. The van der Waals surface area contributed by atoms with E-state index in [1.165, 1.54) is 11.5 Å². The van der Waals surface area contributed by atoms with E-state index in [9.17, 15) is 14.4 Å². The van der Waals surface area contributed by atoms with Crippen LogP contribution in [0.25, 0.3) is 32.9 Å². The molecular weight excluding hydrogens is 460 g/mol. The number of hydrogen-bond donors (Lipinski definition) is 1. The lowest BCUT2D eigenvalue weighted by atomic mass is 9.97. The molecule has 1 aliphatic heterocycles. The Morgan fingerprint density at radius 1 is 1.03 bits per heavy atom. The average Bonchev–Trinajstić information content (AvgIpc) is 3.32. The first-order chi connectivity index (χ1) is 17.1. The number of benzene rings is 2. The zero-order valence-corrected chi connectivity index (χ0v) is 20.9. The molecule has 1 fully saturated rings. The van der Waals surface area contributed by atoms with Crippen LogP contribution in [0, 0.1) is 13.8 Å². The Morgan fingerprint density at radius 3 is 2.31 bits per heavy atom. The van der Waals surface area contributed by atoms with Crippen LogP contribution >= 0.6 is 0 Å². The number of aromatic nitrogens is 2. The highest BCUT2D eigenvalue weighted by molar-refractivity contribution is 6.20. The smallest absolute Gasteiger partial charge is 0.254 e. The predicted molar refractivity (Wildman–Crippen MR) is 135 cm³/mol. The topological polar surface area (TPSA) is 121 Å². The van der Waals surface area contributed by atoms with E-state index in [1.54, 1.807) is 30.0 Å². The van der Waals surface area contributed by atoms with Crippen LogP contribution in [0.15, 0.2) is 34.9 Å². The summed E-state index contributed by atoms with van der Waals surface area (Å²) >= 11 is 0. The van der Waals surface area contributed by atoms with Gasteiger partial charge in [-0.05, 0) is 57.5 Å². The summed E-state index contributed by atoms with van der Waals surface area (Å²) in [4.78, 5) is 40.6. The number of carbonyl (C=O) groups excluding carboxylic acids is 3. The molecule has 0 saturated carbocycles. The molecule has 0 aliphatic carbocycles. The van der Waals surface area contributed by atoms with Gasteiger partial charge in [-0.3, -0.25) is 19.0 Å². The molecule has 0 spiro atoms. The molecule has 9 heteroatoms. The summed E-state index contributed by atoms with van der Waals surface area (Å²) < 4.78 is 12.6. The molecule has 1 saturated heterocycles. The third-order valence-corrected chi connectivity index (χ3v) is 6.72. The molecule has 2 N–H and O–H groups in total. The fourth-order valence-electron chi connectivity index (χ4n) is 5.36. The third-order valence-electron chi connectivity index (χ3n) is 6.72. The lowest BCUT2D eigenvalue weighted by molar-refractivity contribution is -0.0586. The van der Waals surface area contributed by atoms with Crippen molar-refractivity contribution >= 4 is 39.5 Å². The molecule has 9 nitrogen and oxygen atoms in total. The second kappa shape index (κ2) is 8.60. The maximum atomic E-state index is 13.4. The summed E-state index contributed by atoms with van der Waals surface area (Å²) in [5, 5.41) is 5.44. The number of ether oxygens (including phenoxy) is 1. The largest absolute Gasteiger partial charge is 0.372 e. The molecule has 0 unspecified atom stereocenters. The second-order valence-electron chi connectivity index (χ2n) is 9.54. The van der Waals surface area contributed by atoms with Crippen LogP contribution in [0.4, 0.5) is 0 Å². The highest BCUT2D eigenvalue weighted by Crippen LogP contribution is 2.37.